The van der Waals surface area contributed by atoms with Crippen LogP contribution in [-0.4, -0.2) is 38.9 Å². The maximum atomic E-state index is 12.6. The van der Waals surface area contributed by atoms with Crippen LogP contribution in [0.1, 0.15) is 42.4 Å². The maximum Gasteiger partial charge on any atom is 0.254 e. The van der Waals surface area contributed by atoms with E-state index in [2.05, 4.69) is 31.1 Å². The van der Waals surface area contributed by atoms with Crippen LogP contribution in [0.15, 0.2) is 48.5 Å². The molecule has 2 aromatic carbocycles. The van der Waals surface area contributed by atoms with Gasteiger partial charge in [0.25, 0.3) is 5.91 Å². The number of nitrogens with zero attached hydrogens (tertiary/aromatic N) is 2. The van der Waals surface area contributed by atoms with E-state index < -0.39 is 23.8 Å². The summed E-state index contributed by atoms with van der Waals surface area (Å²) in [7, 11) is 0. The van der Waals surface area contributed by atoms with Gasteiger partial charge in [-0.1, -0.05) is 38.1 Å². The molecular weight excluding hydrogens is 396 g/mol. The van der Waals surface area contributed by atoms with E-state index in [1.165, 1.54) is 0 Å². The van der Waals surface area contributed by atoms with Gasteiger partial charge in [-0.05, 0) is 24.3 Å². The first-order valence-electron chi connectivity index (χ1n) is 9.94. The Kier molecular flexibility index (Phi) is 5.48. The standard InChI is InChI=1S/C22H22N6O3/c1-12(2)19-26-20(28-27-19)13-6-5-7-14(10-13)23-18(29)11-17-22(31)24-16-9-4-3-8-15(16)21(30)25-17/h3-10,12,17H,11H2,1-2H3,(H,23,29)(H,24,31)(H,25,30)(H,26,27,28). The minimum Gasteiger partial charge on any atom is -0.340 e. The van der Waals surface area contributed by atoms with Gasteiger partial charge in [-0.3, -0.25) is 19.5 Å². The molecule has 9 nitrogen and oxygen atoms in total. The smallest absolute Gasteiger partial charge is 0.254 e. The average Bonchev–Trinajstić information content (AvgIpc) is 3.20. The van der Waals surface area contributed by atoms with Crippen molar-refractivity contribution in [2.75, 3.05) is 10.6 Å². The molecule has 0 radical (unpaired) electrons. The predicted molar refractivity (Wildman–Crippen MR) is 115 cm³/mol. The molecule has 1 aliphatic heterocycles. The molecule has 31 heavy (non-hydrogen) atoms. The summed E-state index contributed by atoms with van der Waals surface area (Å²) in [4.78, 5) is 41.9. The van der Waals surface area contributed by atoms with Crippen molar-refractivity contribution in [2.45, 2.75) is 32.2 Å². The number of H-pyrrole nitrogens is 1. The van der Waals surface area contributed by atoms with E-state index in [1.807, 2.05) is 19.9 Å². The number of fused-ring (bicyclic) bond motifs is 1. The molecule has 1 unspecified atom stereocenters. The van der Waals surface area contributed by atoms with Gasteiger partial charge in [0.1, 0.15) is 11.9 Å². The topological polar surface area (TPSA) is 129 Å². The fourth-order valence-corrected chi connectivity index (χ4v) is 3.25. The van der Waals surface area contributed by atoms with Crippen LogP contribution in [0.4, 0.5) is 11.4 Å². The predicted octanol–water partition coefficient (Wildman–Crippen LogP) is 2.67. The highest BCUT2D eigenvalue weighted by atomic mass is 16.2. The van der Waals surface area contributed by atoms with Crippen molar-refractivity contribution in [3.8, 4) is 11.4 Å². The normalized spacial score (nSPS) is 15.6. The second-order valence-electron chi connectivity index (χ2n) is 7.59. The fourth-order valence-electron chi connectivity index (χ4n) is 3.25. The largest absolute Gasteiger partial charge is 0.340 e. The Morgan fingerprint density at radius 2 is 1.94 bits per heavy atom. The van der Waals surface area contributed by atoms with E-state index in [1.54, 1.807) is 42.5 Å². The number of nitrogens with one attached hydrogen (secondary N) is 4. The number of benzene rings is 2. The molecule has 1 atom stereocenters. The van der Waals surface area contributed by atoms with Gasteiger partial charge < -0.3 is 16.0 Å². The van der Waals surface area contributed by atoms with Crippen molar-refractivity contribution >= 4 is 29.1 Å². The molecule has 0 spiro atoms. The van der Waals surface area contributed by atoms with Crippen LogP contribution in [0.3, 0.4) is 0 Å². The summed E-state index contributed by atoms with van der Waals surface area (Å²) in [5, 5.41) is 15.2. The van der Waals surface area contributed by atoms with E-state index >= 15 is 0 Å². The quantitative estimate of drug-likeness (QED) is 0.506. The number of carbonyl (C=O) groups excluding carboxylic acids is 3. The molecule has 1 aromatic heterocycles. The highest BCUT2D eigenvalue weighted by Gasteiger charge is 2.29. The number of carbonyl (C=O) groups is 3. The molecule has 4 N–H and O–H groups in total. The van der Waals surface area contributed by atoms with Gasteiger partial charge in [0.15, 0.2) is 5.82 Å². The van der Waals surface area contributed by atoms with Crippen molar-refractivity contribution in [1.82, 2.24) is 20.5 Å². The van der Waals surface area contributed by atoms with Crippen LogP contribution in [-0.2, 0) is 9.59 Å². The fraction of sp³-hybridized carbons (Fsp3) is 0.227. The Morgan fingerprint density at radius 1 is 1.13 bits per heavy atom. The van der Waals surface area contributed by atoms with Crippen LogP contribution in [0.2, 0.25) is 0 Å². The summed E-state index contributed by atoms with van der Waals surface area (Å²) in [6, 6.07) is 12.8. The lowest BCUT2D eigenvalue weighted by Gasteiger charge is -2.14. The first-order valence-corrected chi connectivity index (χ1v) is 9.94. The molecule has 3 amide bonds. The molecule has 0 aliphatic carbocycles. The molecule has 0 saturated heterocycles. The van der Waals surface area contributed by atoms with Crippen molar-refractivity contribution in [3.05, 3.63) is 59.9 Å². The van der Waals surface area contributed by atoms with Gasteiger partial charge >= 0.3 is 0 Å². The van der Waals surface area contributed by atoms with Crippen LogP contribution >= 0.6 is 0 Å². The van der Waals surface area contributed by atoms with E-state index in [9.17, 15) is 14.4 Å². The van der Waals surface area contributed by atoms with Crippen molar-refractivity contribution in [1.29, 1.82) is 0 Å². The molecule has 4 rings (SSSR count). The van der Waals surface area contributed by atoms with Gasteiger partial charge in [0, 0.05) is 17.2 Å². The Bertz CT molecular complexity index is 1150. The van der Waals surface area contributed by atoms with Gasteiger partial charge in [-0.25, -0.2) is 4.98 Å². The summed E-state index contributed by atoms with van der Waals surface area (Å²) in [6.07, 6.45) is -0.200. The van der Waals surface area contributed by atoms with E-state index in [0.29, 0.717) is 22.8 Å². The number of hydrogen-bond acceptors (Lipinski definition) is 5. The Hall–Kier alpha value is -4.01. The third-order valence-corrected chi connectivity index (χ3v) is 4.90. The van der Waals surface area contributed by atoms with E-state index in [-0.39, 0.29) is 12.3 Å². The lowest BCUT2D eigenvalue weighted by atomic mass is 10.1. The number of rotatable bonds is 5. The number of aromatic nitrogens is 3. The molecule has 3 aromatic rings. The summed E-state index contributed by atoms with van der Waals surface area (Å²) in [5.41, 5.74) is 2.07. The second-order valence-corrected chi connectivity index (χ2v) is 7.59. The Morgan fingerprint density at radius 3 is 2.71 bits per heavy atom. The zero-order valence-electron chi connectivity index (χ0n) is 17.1. The molecule has 9 heteroatoms. The highest BCUT2D eigenvalue weighted by molar-refractivity contribution is 6.11. The number of para-hydroxylation sites is 1. The average molecular weight is 418 g/mol. The number of anilines is 2. The first-order chi connectivity index (χ1) is 14.9. The van der Waals surface area contributed by atoms with E-state index in [0.717, 1.165) is 11.4 Å². The first kappa shape index (κ1) is 20.3. The summed E-state index contributed by atoms with van der Waals surface area (Å²) < 4.78 is 0. The van der Waals surface area contributed by atoms with Crippen molar-refractivity contribution < 1.29 is 14.4 Å². The maximum absolute atomic E-state index is 12.6. The number of aromatic amines is 1. The molecule has 1 aliphatic rings. The lowest BCUT2D eigenvalue weighted by molar-refractivity contribution is -0.122. The number of hydrogen-bond donors (Lipinski definition) is 4. The zero-order chi connectivity index (χ0) is 22.0. The Balaban J connectivity index is 1.44. The lowest BCUT2D eigenvalue weighted by Crippen LogP contribution is -2.43. The molecule has 0 fully saturated rings. The van der Waals surface area contributed by atoms with Crippen LogP contribution < -0.4 is 16.0 Å². The SMILES string of the molecule is CC(C)c1nc(-c2cccc(NC(=O)CC3NC(=O)c4ccccc4NC3=O)c2)n[nH]1. The summed E-state index contributed by atoms with van der Waals surface area (Å²) in [5.74, 6) is 0.287. The monoisotopic (exact) mass is 418 g/mol. The summed E-state index contributed by atoms with van der Waals surface area (Å²) in [6.45, 7) is 4.03. The minimum atomic E-state index is -0.982. The van der Waals surface area contributed by atoms with Crippen molar-refractivity contribution in [2.24, 2.45) is 0 Å². The zero-order valence-corrected chi connectivity index (χ0v) is 17.1. The third kappa shape index (κ3) is 4.45. The van der Waals surface area contributed by atoms with E-state index in [4.69, 9.17) is 0 Å². The van der Waals surface area contributed by atoms with Crippen LogP contribution in [0.5, 0.6) is 0 Å². The van der Waals surface area contributed by atoms with Gasteiger partial charge in [0.05, 0.1) is 17.7 Å². The summed E-state index contributed by atoms with van der Waals surface area (Å²) >= 11 is 0. The molecule has 158 valence electrons. The molecule has 2 heterocycles. The molecule has 0 bridgehead atoms. The highest BCUT2D eigenvalue weighted by Crippen LogP contribution is 2.22. The Labute approximate surface area is 178 Å². The molecular formula is C22H22N6O3. The molecule has 0 saturated carbocycles. The number of amides is 3. The third-order valence-electron chi connectivity index (χ3n) is 4.90. The van der Waals surface area contributed by atoms with Crippen molar-refractivity contribution in [3.63, 3.8) is 0 Å². The van der Waals surface area contributed by atoms with Crippen LogP contribution in [0, 0.1) is 0 Å². The van der Waals surface area contributed by atoms with Gasteiger partial charge in [-0.15, -0.1) is 0 Å². The minimum absolute atomic E-state index is 0.200. The van der Waals surface area contributed by atoms with Gasteiger partial charge in [-0.2, -0.15) is 5.10 Å². The van der Waals surface area contributed by atoms with Gasteiger partial charge in [0.2, 0.25) is 11.8 Å². The second kappa shape index (κ2) is 8.39. The van der Waals surface area contributed by atoms with Crippen LogP contribution in [0.25, 0.3) is 11.4 Å².